The molecule has 2 aliphatic rings. The molecule has 0 unspecified atom stereocenters. The van der Waals surface area contributed by atoms with E-state index in [1.807, 2.05) is 24.1 Å². The summed E-state index contributed by atoms with van der Waals surface area (Å²) in [6.45, 7) is 1.36. The number of amides is 2. The van der Waals surface area contributed by atoms with Crippen molar-refractivity contribution >= 4 is 27.3 Å². The summed E-state index contributed by atoms with van der Waals surface area (Å²) >= 11 is 0. The van der Waals surface area contributed by atoms with Gasteiger partial charge in [0.1, 0.15) is 11.4 Å². The smallest absolute Gasteiger partial charge is 0.277 e. The first kappa shape index (κ1) is 26.9. The Kier molecular flexibility index (Phi) is 6.98. The summed E-state index contributed by atoms with van der Waals surface area (Å²) in [6.07, 6.45) is 4.58. The highest BCUT2D eigenvalue weighted by molar-refractivity contribution is 7.90. The van der Waals surface area contributed by atoms with Crippen LogP contribution in [0.2, 0.25) is 0 Å². The van der Waals surface area contributed by atoms with E-state index in [1.54, 1.807) is 36.3 Å². The lowest BCUT2D eigenvalue weighted by Crippen LogP contribution is -2.39. The summed E-state index contributed by atoms with van der Waals surface area (Å²) in [6, 6.07) is 15.0. The number of hydrogen-bond donors (Lipinski definition) is 1. The molecule has 39 heavy (non-hydrogen) atoms. The number of likely N-dealkylation sites (N-methyl/N-ethyl adjacent to an activating group) is 1. The number of anilines is 1. The molecule has 0 bridgehead atoms. The van der Waals surface area contributed by atoms with Crippen LogP contribution in [0.1, 0.15) is 40.9 Å². The molecule has 2 amide bonds. The van der Waals surface area contributed by atoms with Crippen LogP contribution < -0.4 is 15.4 Å². The SMILES string of the molecule is COc1ccc(-n2nc(S(C)(=O)=O)c3c2C(=O)N(c2ccc(C4(CCN(C)CC(N)=O)CC4)cc2)CC3)cc1. The summed E-state index contributed by atoms with van der Waals surface area (Å²) in [5, 5.41) is 4.32. The highest BCUT2D eigenvalue weighted by atomic mass is 32.2. The molecule has 1 aliphatic carbocycles. The molecule has 2 N–H and O–H groups in total. The summed E-state index contributed by atoms with van der Waals surface area (Å²) in [4.78, 5) is 28.7. The van der Waals surface area contributed by atoms with E-state index >= 15 is 0 Å². The van der Waals surface area contributed by atoms with E-state index < -0.39 is 9.84 Å². The van der Waals surface area contributed by atoms with Crippen LogP contribution in [0.5, 0.6) is 5.75 Å². The van der Waals surface area contributed by atoms with Gasteiger partial charge in [0.25, 0.3) is 5.91 Å². The van der Waals surface area contributed by atoms with Gasteiger partial charge >= 0.3 is 0 Å². The quantitative estimate of drug-likeness (QED) is 0.410. The first-order valence-electron chi connectivity index (χ1n) is 12.9. The van der Waals surface area contributed by atoms with Crippen LogP contribution in [-0.2, 0) is 26.5 Å². The zero-order valence-electron chi connectivity index (χ0n) is 22.4. The van der Waals surface area contributed by atoms with Crippen LogP contribution in [-0.4, -0.2) is 75.0 Å². The fourth-order valence-corrected chi connectivity index (χ4v) is 6.24. The Labute approximate surface area is 228 Å². The van der Waals surface area contributed by atoms with E-state index in [0.29, 0.717) is 30.0 Å². The van der Waals surface area contributed by atoms with Gasteiger partial charge < -0.3 is 15.4 Å². The highest BCUT2D eigenvalue weighted by Crippen LogP contribution is 2.51. The number of sulfone groups is 1. The zero-order chi connectivity index (χ0) is 27.9. The molecule has 10 nitrogen and oxygen atoms in total. The highest BCUT2D eigenvalue weighted by Gasteiger charge is 2.44. The first-order valence-corrected chi connectivity index (χ1v) is 14.8. The van der Waals surface area contributed by atoms with Crippen molar-refractivity contribution in [3.05, 3.63) is 65.4 Å². The summed E-state index contributed by atoms with van der Waals surface area (Å²) in [5.41, 5.74) is 8.64. The number of nitrogens with two attached hydrogens (primary N) is 1. The van der Waals surface area contributed by atoms with Gasteiger partial charge in [-0.2, -0.15) is 5.10 Å². The number of methoxy groups -OCH3 is 1. The number of carbonyl (C=O) groups is 2. The van der Waals surface area contributed by atoms with E-state index in [2.05, 4.69) is 17.2 Å². The van der Waals surface area contributed by atoms with E-state index in [-0.39, 0.29) is 34.5 Å². The number of ether oxygens (including phenoxy) is 1. The normalized spacial score (nSPS) is 16.3. The number of carbonyl (C=O) groups excluding carboxylic acids is 2. The minimum absolute atomic E-state index is 0.0614. The average Bonchev–Trinajstić information content (AvgIpc) is 3.58. The summed E-state index contributed by atoms with van der Waals surface area (Å²) < 4.78 is 31.8. The molecule has 1 aliphatic heterocycles. The molecule has 0 saturated heterocycles. The van der Waals surface area contributed by atoms with Crippen molar-refractivity contribution in [1.82, 2.24) is 14.7 Å². The van der Waals surface area contributed by atoms with E-state index in [0.717, 1.165) is 37.8 Å². The van der Waals surface area contributed by atoms with Crippen LogP contribution in [0.4, 0.5) is 5.69 Å². The fourth-order valence-electron chi connectivity index (χ4n) is 5.36. The zero-order valence-corrected chi connectivity index (χ0v) is 23.2. The Morgan fingerprint density at radius 3 is 2.31 bits per heavy atom. The van der Waals surface area contributed by atoms with Crippen LogP contribution in [0, 0.1) is 0 Å². The van der Waals surface area contributed by atoms with Gasteiger partial charge in [0.05, 0.1) is 19.3 Å². The van der Waals surface area contributed by atoms with Crippen LogP contribution in [0.25, 0.3) is 5.69 Å². The van der Waals surface area contributed by atoms with Gasteiger partial charge in [-0.05, 0) is 86.7 Å². The van der Waals surface area contributed by atoms with Gasteiger partial charge in [0.2, 0.25) is 5.91 Å². The fraction of sp³-hybridized carbons (Fsp3) is 0.393. The number of aromatic nitrogens is 2. The van der Waals surface area contributed by atoms with Crippen molar-refractivity contribution in [2.75, 3.05) is 44.9 Å². The lowest BCUT2D eigenvalue weighted by atomic mass is 9.92. The molecular formula is C28H33N5O5S. The molecule has 2 aromatic carbocycles. The predicted molar refractivity (Wildman–Crippen MR) is 147 cm³/mol. The molecule has 11 heteroatoms. The standard InChI is InChI=1S/C28H33N5O5S/c1-31(18-24(29)34)17-15-28(13-14-28)19-4-6-20(7-5-19)32-16-12-23-25(27(32)35)33(30-26(23)39(3,36)37)21-8-10-22(38-2)11-9-21/h4-11H,12-18H2,1-3H3,(H2,29,34). The molecule has 206 valence electrons. The Bertz CT molecular complexity index is 1510. The molecular weight excluding hydrogens is 518 g/mol. The Morgan fingerprint density at radius 2 is 1.74 bits per heavy atom. The summed E-state index contributed by atoms with van der Waals surface area (Å²) in [5.74, 6) is 0.0126. The third-order valence-electron chi connectivity index (χ3n) is 7.69. The number of nitrogens with zero attached hydrogens (tertiary/aromatic N) is 4. The second kappa shape index (κ2) is 10.1. The van der Waals surface area contributed by atoms with Crippen LogP contribution in [0.15, 0.2) is 53.6 Å². The number of benzene rings is 2. The molecule has 1 aromatic heterocycles. The molecule has 3 aromatic rings. The van der Waals surface area contributed by atoms with Gasteiger partial charge in [-0.15, -0.1) is 0 Å². The van der Waals surface area contributed by atoms with Gasteiger partial charge in [0.15, 0.2) is 14.9 Å². The number of fused-ring (bicyclic) bond motifs is 1. The van der Waals surface area contributed by atoms with Crippen molar-refractivity contribution < 1.29 is 22.7 Å². The maximum atomic E-state index is 13.8. The van der Waals surface area contributed by atoms with Gasteiger partial charge in [0, 0.05) is 24.1 Å². The lowest BCUT2D eigenvalue weighted by Gasteiger charge is -2.28. The molecule has 1 saturated carbocycles. The van der Waals surface area contributed by atoms with E-state index in [1.165, 1.54) is 10.2 Å². The minimum Gasteiger partial charge on any atom is -0.497 e. The second-order valence-electron chi connectivity index (χ2n) is 10.5. The Hall–Kier alpha value is -3.70. The second-order valence-corrected chi connectivity index (χ2v) is 12.4. The van der Waals surface area contributed by atoms with E-state index in [4.69, 9.17) is 10.5 Å². The van der Waals surface area contributed by atoms with Gasteiger partial charge in [-0.3, -0.25) is 14.5 Å². The Morgan fingerprint density at radius 1 is 1.10 bits per heavy atom. The monoisotopic (exact) mass is 551 g/mol. The van der Waals surface area contributed by atoms with Crippen LogP contribution >= 0.6 is 0 Å². The third-order valence-corrected chi connectivity index (χ3v) is 8.72. The maximum Gasteiger partial charge on any atom is 0.277 e. The third kappa shape index (κ3) is 5.28. The number of rotatable bonds is 10. The molecule has 5 rings (SSSR count). The lowest BCUT2D eigenvalue weighted by molar-refractivity contribution is -0.118. The molecule has 2 heterocycles. The Balaban J connectivity index is 1.41. The largest absolute Gasteiger partial charge is 0.497 e. The molecule has 0 spiro atoms. The molecule has 0 atom stereocenters. The van der Waals surface area contributed by atoms with Crippen molar-refractivity contribution in [1.29, 1.82) is 0 Å². The number of primary amides is 1. The minimum atomic E-state index is -3.64. The van der Waals surface area contributed by atoms with Crippen molar-refractivity contribution in [3.8, 4) is 11.4 Å². The molecule has 1 fully saturated rings. The maximum absolute atomic E-state index is 13.8. The van der Waals surface area contributed by atoms with Crippen molar-refractivity contribution in [2.45, 2.75) is 36.1 Å². The number of hydrogen-bond acceptors (Lipinski definition) is 7. The molecule has 0 radical (unpaired) electrons. The topological polar surface area (TPSA) is 128 Å². The average molecular weight is 552 g/mol. The van der Waals surface area contributed by atoms with Gasteiger partial charge in [-0.1, -0.05) is 12.1 Å². The predicted octanol–water partition coefficient (Wildman–Crippen LogP) is 2.33. The van der Waals surface area contributed by atoms with E-state index in [9.17, 15) is 18.0 Å². The van der Waals surface area contributed by atoms with Crippen molar-refractivity contribution in [2.24, 2.45) is 5.73 Å². The van der Waals surface area contributed by atoms with Crippen LogP contribution in [0.3, 0.4) is 0 Å². The summed E-state index contributed by atoms with van der Waals surface area (Å²) in [7, 11) is -0.183. The van der Waals surface area contributed by atoms with Crippen molar-refractivity contribution in [3.63, 3.8) is 0 Å². The first-order chi connectivity index (χ1) is 18.5. The van der Waals surface area contributed by atoms with Gasteiger partial charge in [-0.25, -0.2) is 13.1 Å².